The first-order valence-electron chi connectivity index (χ1n) is 5.56. The maximum absolute atomic E-state index is 11.9. The Morgan fingerprint density at radius 2 is 2.21 bits per heavy atom. The Balaban J connectivity index is 2.00. The van der Waals surface area contributed by atoms with Crippen molar-refractivity contribution >= 4 is 11.9 Å². The van der Waals surface area contributed by atoms with Crippen LogP contribution in [0.1, 0.15) is 16.2 Å². The number of carbonyl (C=O) groups excluding carboxylic acids is 1. The average Bonchev–Trinajstić information content (AvgIpc) is 2.94. The van der Waals surface area contributed by atoms with Gasteiger partial charge in [0.15, 0.2) is 0 Å². The Hall–Kier alpha value is -2.64. The molecule has 0 aromatic carbocycles. The Bertz CT molecular complexity index is 601. The molecule has 0 radical (unpaired) electrons. The number of hydrogen-bond donors (Lipinski definition) is 2. The van der Waals surface area contributed by atoms with Crippen molar-refractivity contribution in [1.29, 1.82) is 0 Å². The summed E-state index contributed by atoms with van der Waals surface area (Å²) in [7, 11) is 1.78. The number of carbonyl (C=O) groups is 2. The predicted octanol–water partition coefficient (Wildman–Crippen LogP) is -0.369. The molecule has 0 aliphatic carbocycles. The van der Waals surface area contributed by atoms with Crippen molar-refractivity contribution in [1.82, 2.24) is 24.9 Å². The zero-order valence-corrected chi connectivity index (χ0v) is 10.3. The van der Waals surface area contributed by atoms with E-state index < -0.39 is 5.97 Å². The minimum atomic E-state index is -1.05. The molecule has 8 nitrogen and oxygen atoms in total. The largest absolute Gasteiger partial charge is 0.480 e. The zero-order chi connectivity index (χ0) is 13.8. The van der Waals surface area contributed by atoms with Crippen molar-refractivity contribution in [3.63, 3.8) is 0 Å². The molecule has 0 bridgehead atoms. The van der Waals surface area contributed by atoms with Gasteiger partial charge in [-0.15, -0.1) is 0 Å². The first-order valence-corrected chi connectivity index (χ1v) is 5.56. The van der Waals surface area contributed by atoms with Crippen LogP contribution in [0.3, 0.4) is 0 Å². The van der Waals surface area contributed by atoms with Crippen molar-refractivity contribution in [3.05, 3.63) is 35.9 Å². The Labute approximate surface area is 108 Å². The molecule has 2 rings (SSSR count). The summed E-state index contributed by atoms with van der Waals surface area (Å²) < 4.78 is 2.77. The SMILES string of the molecule is Cn1ccc(CNC(=O)c2ccnn2CC(=O)O)n1. The molecule has 0 fully saturated rings. The summed E-state index contributed by atoms with van der Waals surface area (Å²) in [6, 6.07) is 3.26. The Kier molecular flexibility index (Phi) is 3.60. The highest BCUT2D eigenvalue weighted by atomic mass is 16.4. The Morgan fingerprint density at radius 1 is 1.42 bits per heavy atom. The van der Waals surface area contributed by atoms with Gasteiger partial charge in [-0.05, 0) is 12.1 Å². The maximum atomic E-state index is 11.9. The number of carboxylic acids is 1. The van der Waals surface area contributed by atoms with E-state index >= 15 is 0 Å². The van der Waals surface area contributed by atoms with Crippen molar-refractivity contribution in [3.8, 4) is 0 Å². The molecular weight excluding hydrogens is 250 g/mol. The minimum Gasteiger partial charge on any atom is -0.480 e. The normalized spacial score (nSPS) is 10.4. The van der Waals surface area contributed by atoms with Crippen molar-refractivity contribution in [2.24, 2.45) is 7.05 Å². The number of hydrogen-bond acceptors (Lipinski definition) is 4. The van der Waals surface area contributed by atoms with Gasteiger partial charge in [0.1, 0.15) is 12.2 Å². The standard InChI is InChI=1S/C11H13N5O3/c1-15-5-3-8(14-15)6-12-11(19)9-2-4-13-16(9)7-10(17)18/h2-5H,6-7H2,1H3,(H,12,19)(H,17,18). The van der Waals surface area contributed by atoms with Crippen LogP contribution in [0, 0.1) is 0 Å². The van der Waals surface area contributed by atoms with Crippen LogP contribution in [0.2, 0.25) is 0 Å². The average molecular weight is 263 g/mol. The highest BCUT2D eigenvalue weighted by Crippen LogP contribution is 2.00. The lowest BCUT2D eigenvalue weighted by atomic mass is 10.3. The molecule has 2 aromatic rings. The fourth-order valence-electron chi connectivity index (χ4n) is 1.60. The molecule has 0 spiro atoms. The quantitative estimate of drug-likeness (QED) is 0.766. The molecule has 0 atom stereocenters. The van der Waals surface area contributed by atoms with Gasteiger partial charge in [-0.2, -0.15) is 10.2 Å². The van der Waals surface area contributed by atoms with Crippen LogP contribution < -0.4 is 5.32 Å². The Morgan fingerprint density at radius 3 is 2.84 bits per heavy atom. The summed E-state index contributed by atoms with van der Waals surface area (Å²) in [5, 5.41) is 19.3. The van der Waals surface area contributed by atoms with Crippen molar-refractivity contribution < 1.29 is 14.7 Å². The van der Waals surface area contributed by atoms with E-state index in [4.69, 9.17) is 5.11 Å². The van der Waals surface area contributed by atoms with Gasteiger partial charge in [0.05, 0.1) is 12.2 Å². The highest BCUT2D eigenvalue weighted by Gasteiger charge is 2.13. The van der Waals surface area contributed by atoms with Gasteiger partial charge in [-0.25, -0.2) is 4.68 Å². The summed E-state index contributed by atoms with van der Waals surface area (Å²) in [4.78, 5) is 22.5. The van der Waals surface area contributed by atoms with E-state index in [0.717, 1.165) is 10.4 Å². The second-order valence-electron chi connectivity index (χ2n) is 3.93. The molecular formula is C11H13N5O3. The van der Waals surface area contributed by atoms with Crippen LogP contribution in [-0.2, 0) is 24.9 Å². The van der Waals surface area contributed by atoms with Crippen LogP contribution in [0.4, 0.5) is 0 Å². The van der Waals surface area contributed by atoms with E-state index in [-0.39, 0.29) is 24.7 Å². The van der Waals surface area contributed by atoms with E-state index in [2.05, 4.69) is 15.5 Å². The summed E-state index contributed by atoms with van der Waals surface area (Å²) in [6.07, 6.45) is 3.16. The lowest BCUT2D eigenvalue weighted by molar-refractivity contribution is -0.137. The number of carboxylic acid groups (broad SMARTS) is 1. The van der Waals surface area contributed by atoms with E-state index in [1.165, 1.54) is 12.3 Å². The summed E-state index contributed by atoms with van der Waals surface area (Å²) in [5.74, 6) is -1.44. The van der Waals surface area contributed by atoms with Crippen LogP contribution in [0.5, 0.6) is 0 Å². The third kappa shape index (κ3) is 3.18. The van der Waals surface area contributed by atoms with Crippen LogP contribution in [-0.4, -0.2) is 36.5 Å². The first kappa shape index (κ1) is 12.8. The monoisotopic (exact) mass is 263 g/mol. The molecule has 0 unspecified atom stereocenters. The molecule has 0 aliphatic heterocycles. The molecule has 2 heterocycles. The second-order valence-corrected chi connectivity index (χ2v) is 3.93. The van der Waals surface area contributed by atoms with E-state index in [0.29, 0.717) is 0 Å². The molecule has 0 saturated heterocycles. The van der Waals surface area contributed by atoms with Crippen LogP contribution >= 0.6 is 0 Å². The number of aryl methyl sites for hydroxylation is 1. The van der Waals surface area contributed by atoms with E-state index in [9.17, 15) is 9.59 Å². The topological polar surface area (TPSA) is 102 Å². The smallest absolute Gasteiger partial charge is 0.325 e. The number of nitrogens with zero attached hydrogens (tertiary/aromatic N) is 4. The third-order valence-electron chi connectivity index (χ3n) is 2.43. The predicted molar refractivity (Wildman–Crippen MR) is 64.2 cm³/mol. The van der Waals surface area contributed by atoms with E-state index in [1.807, 2.05) is 0 Å². The number of rotatable bonds is 5. The summed E-state index contributed by atoms with van der Waals surface area (Å²) >= 11 is 0. The number of nitrogens with one attached hydrogen (secondary N) is 1. The van der Waals surface area contributed by atoms with E-state index in [1.54, 1.807) is 24.0 Å². The van der Waals surface area contributed by atoms with Crippen molar-refractivity contribution in [2.45, 2.75) is 13.1 Å². The first-order chi connectivity index (χ1) is 9.06. The molecule has 0 saturated carbocycles. The van der Waals surface area contributed by atoms with Gasteiger partial charge in [0.25, 0.3) is 5.91 Å². The molecule has 0 aliphatic rings. The fraction of sp³-hybridized carbons (Fsp3) is 0.273. The lowest BCUT2D eigenvalue weighted by Gasteiger charge is -2.05. The molecule has 100 valence electrons. The molecule has 2 aromatic heterocycles. The van der Waals surface area contributed by atoms with Gasteiger partial charge in [0, 0.05) is 19.4 Å². The van der Waals surface area contributed by atoms with Crippen LogP contribution in [0.15, 0.2) is 24.5 Å². The van der Waals surface area contributed by atoms with Gasteiger partial charge in [-0.3, -0.25) is 14.3 Å². The van der Waals surface area contributed by atoms with Crippen molar-refractivity contribution in [2.75, 3.05) is 0 Å². The fourth-order valence-corrected chi connectivity index (χ4v) is 1.60. The molecule has 1 amide bonds. The minimum absolute atomic E-state index is 0.207. The summed E-state index contributed by atoms with van der Waals surface area (Å²) in [5.41, 5.74) is 0.929. The number of aliphatic carboxylic acids is 1. The molecule has 19 heavy (non-hydrogen) atoms. The molecule has 2 N–H and O–H groups in total. The third-order valence-corrected chi connectivity index (χ3v) is 2.43. The second kappa shape index (κ2) is 5.34. The molecule has 8 heteroatoms. The lowest BCUT2D eigenvalue weighted by Crippen LogP contribution is -2.27. The summed E-state index contributed by atoms with van der Waals surface area (Å²) in [6.45, 7) is -0.0722. The number of amides is 1. The van der Waals surface area contributed by atoms with Gasteiger partial charge >= 0.3 is 5.97 Å². The van der Waals surface area contributed by atoms with Crippen LogP contribution in [0.25, 0.3) is 0 Å². The van der Waals surface area contributed by atoms with Gasteiger partial charge in [-0.1, -0.05) is 0 Å². The number of aromatic nitrogens is 4. The van der Waals surface area contributed by atoms with Gasteiger partial charge in [0.2, 0.25) is 0 Å². The maximum Gasteiger partial charge on any atom is 0.325 e. The zero-order valence-electron chi connectivity index (χ0n) is 10.3. The van der Waals surface area contributed by atoms with Gasteiger partial charge < -0.3 is 10.4 Å². The highest BCUT2D eigenvalue weighted by molar-refractivity contribution is 5.92.